The Morgan fingerprint density at radius 1 is 1.00 bits per heavy atom. The molecule has 0 bridgehead atoms. The average molecular weight is 501 g/mol. The van der Waals surface area contributed by atoms with Crippen LogP contribution < -0.4 is 10.5 Å². The van der Waals surface area contributed by atoms with E-state index >= 15 is 0 Å². The molecule has 0 saturated heterocycles. The van der Waals surface area contributed by atoms with Gasteiger partial charge in [0.05, 0.1) is 17.1 Å². The number of nitrogens with zero attached hydrogens (tertiary/aromatic N) is 2. The number of carbonyl (C=O) groups excluding carboxylic acids is 1. The minimum atomic E-state index is -4.10. The van der Waals surface area contributed by atoms with Crippen LogP contribution in [0.5, 0.6) is 0 Å². The first-order valence-electron chi connectivity index (χ1n) is 11.6. The van der Waals surface area contributed by atoms with Crippen LogP contribution in [0.3, 0.4) is 0 Å². The minimum absolute atomic E-state index is 0. The number of nitrogens with one attached hydrogen (secondary N) is 1. The number of benzene rings is 2. The molecule has 8 heteroatoms. The lowest BCUT2D eigenvalue weighted by Gasteiger charge is -2.22. The molecule has 0 aliphatic rings. The maximum atomic E-state index is 13.2. The third kappa shape index (κ3) is 5.93. The van der Waals surface area contributed by atoms with E-state index in [1.807, 2.05) is 20.8 Å². The fourth-order valence-electron chi connectivity index (χ4n) is 3.83. The number of hydrogen-bond acceptors (Lipinski definition) is 5. The van der Waals surface area contributed by atoms with Crippen molar-refractivity contribution >= 4 is 21.6 Å². The molecule has 2 aromatic carbocycles. The average Bonchev–Trinajstić information content (AvgIpc) is 3.14. The van der Waals surface area contributed by atoms with E-state index in [1.54, 1.807) is 16.8 Å². The molecular weight excluding hydrogens is 460 g/mol. The topological polar surface area (TPSA) is 107 Å². The van der Waals surface area contributed by atoms with Gasteiger partial charge >= 0.3 is 0 Å². The van der Waals surface area contributed by atoms with Crippen LogP contribution in [-0.2, 0) is 27.4 Å². The second-order valence-electron chi connectivity index (χ2n) is 11.2. The molecule has 3 N–H and O–H groups in total. The smallest absolute Gasteiger partial charge is 0.283 e. The van der Waals surface area contributed by atoms with E-state index in [-0.39, 0.29) is 24.3 Å². The summed E-state index contributed by atoms with van der Waals surface area (Å²) < 4.78 is 29.5. The molecule has 0 radical (unpaired) electrons. The molecule has 7 nitrogen and oxygen atoms in total. The number of sulfonamides is 1. The molecule has 192 valence electrons. The Balaban J connectivity index is 0.00000342. The number of aromatic nitrogens is 2. The highest BCUT2D eigenvalue weighted by Gasteiger charge is 2.27. The zero-order valence-electron chi connectivity index (χ0n) is 21.9. The van der Waals surface area contributed by atoms with Crippen molar-refractivity contribution in [1.82, 2.24) is 14.5 Å². The standard InChI is InChI=1S/C27H36N4O3S.2H2/c1-17-12-19(26(3,4)5)13-18(2)22(17)16-31-23(15-24(29-31)27(6,7)8)25(32)30-35(33,34)21-11-9-10-20(28)14-21;;/h9-15H,16,28H2,1-8H3,(H,30,32);2*1H. The van der Waals surface area contributed by atoms with Crippen LogP contribution >= 0.6 is 0 Å². The molecule has 0 fully saturated rings. The maximum Gasteiger partial charge on any atom is 0.283 e. The Kier molecular flexibility index (Phi) is 6.92. The predicted molar refractivity (Wildman–Crippen MR) is 144 cm³/mol. The number of nitrogen functional groups attached to an aromatic ring is 1. The van der Waals surface area contributed by atoms with Crippen molar-refractivity contribution in [3.63, 3.8) is 0 Å². The number of nitrogens with two attached hydrogens (primary N) is 1. The number of aryl methyl sites for hydroxylation is 2. The van der Waals surface area contributed by atoms with Gasteiger partial charge in [0, 0.05) is 14.0 Å². The number of carbonyl (C=O) groups is 1. The van der Waals surface area contributed by atoms with Crippen LogP contribution in [0.1, 0.15) is 82.8 Å². The molecule has 1 amide bonds. The van der Waals surface area contributed by atoms with Crippen molar-refractivity contribution in [3.05, 3.63) is 76.1 Å². The normalized spacial score (nSPS) is 12.6. The number of amides is 1. The lowest BCUT2D eigenvalue weighted by Crippen LogP contribution is -2.32. The van der Waals surface area contributed by atoms with Gasteiger partial charge in [0.2, 0.25) is 0 Å². The Labute approximate surface area is 211 Å². The van der Waals surface area contributed by atoms with E-state index in [9.17, 15) is 13.2 Å². The van der Waals surface area contributed by atoms with E-state index < -0.39 is 15.9 Å². The summed E-state index contributed by atoms with van der Waals surface area (Å²) in [5.41, 5.74) is 11.1. The van der Waals surface area contributed by atoms with Crippen molar-refractivity contribution in [1.29, 1.82) is 0 Å². The van der Waals surface area contributed by atoms with Crippen LogP contribution in [0.4, 0.5) is 5.69 Å². The number of rotatable bonds is 5. The Bertz CT molecular complexity index is 1360. The number of hydrogen-bond donors (Lipinski definition) is 2. The summed E-state index contributed by atoms with van der Waals surface area (Å²) in [5.74, 6) is -0.739. The maximum absolute atomic E-state index is 13.2. The van der Waals surface area contributed by atoms with Gasteiger partial charge in [-0.2, -0.15) is 5.10 Å². The molecule has 1 heterocycles. The lowest BCUT2D eigenvalue weighted by atomic mass is 9.84. The van der Waals surface area contributed by atoms with Crippen LogP contribution in [0.2, 0.25) is 0 Å². The van der Waals surface area contributed by atoms with Gasteiger partial charge in [-0.15, -0.1) is 0 Å². The van der Waals surface area contributed by atoms with Gasteiger partial charge in [-0.25, -0.2) is 13.1 Å². The molecule has 35 heavy (non-hydrogen) atoms. The van der Waals surface area contributed by atoms with Gasteiger partial charge < -0.3 is 5.73 Å². The quantitative estimate of drug-likeness (QED) is 0.460. The summed E-state index contributed by atoms with van der Waals surface area (Å²) in [7, 11) is -4.10. The molecule has 0 aliphatic heterocycles. The molecule has 3 rings (SSSR count). The molecule has 0 atom stereocenters. The molecule has 0 spiro atoms. The summed E-state index contributed by atoms with van der Waals surface area (Å²) in [6.07, 6.45) is 0. The van der Waals surface area contributed by atoms with Gasteiger partial charge in [-0.05, 0) is 65.8 Å². The highest BCUT2D eigenvalue weighted by atomic mass is 32.2. The fraction of sp³-hybridized carbons (Fsp3) is 0.407. The van der Waals surface area contributed by atoms with Gasteiger partial charge in [0.15, 0.2) is 0 Å². The molecule has 0 saturated carbocycles. The van der Waals surface area contributed by atoms with Crippen molar-refractivity contribution in [2.24, 2.45) is 0 Å². The van der Waals surface area contributed by atoms with Crippen molar-refractivity contribution < 1.29 is 16.1 Å². The number of anilines is 1. The van der Waals surface area contributed by atoms with Crippen LogP contribution in [-0.4, -0.2) is 24.1 Å². The summed E-state index contributed by atoms with van der Waals surface area (Å²) in [4.78, 5) is 13.2. The summed E-state index contributed by atoms with van der Waals surface area (Å²) in [6.45, 7) is 17.0. The first-order valence-corrected chi connectivity index (χ1v) is 13.1. The van der Waals surface area contributed by atoms with E-state index in [4.69, 9.17) is 10.8 Å². The van der Waals surface area contributed by atoms with Crippen molar-refractivity contribution in [3.8, 4) is 0 Å². The lowest BCUT2D eigenvalue weighted by molar-refractivity contribution is 0.0971. The third-order valence-electron chi connectivity index (χ3n) is 6.05. The zero-order chi connectivity index (χ0) is 26.3. The second-order valence-corrected chi connectivity index (χ2v) is 12.9. The summed E-state index contributed by atoms with van der Waals surface area (Å²) in [5, 5.41) is 4.71. The van der Waals surface area contributed by atoms with Gasteiger partial charge in [-0.3, -0.25) is 9.48 Å². The zero-order valence-corrected chi connectivity index (χ0v) is 22.7. The van der Waals surface area contributed by atoms with Crippen LogP contribution in [0.15, 0.2) is 47.4 Å². The molecule has 1 aromatic heterocycles. The largest absolute Gasteiger partial charge is 0.399 e. The first kappa shape index (κ1) is 26.5. The molecule has 0 unspecified atom stereocenters. The van der Waals surface area contributed by atoms with E-state index in [1.165, 1.54) is 23.8 Å². The van der Waals surface area contributed by atoms with Crippen LogP contribution in [0, 0.1) is 13.8 Å². The monoisotopic (exact) mass is 500 g/mol. The van der Waals surface area contributed by atoms with Crippen molar-refractivity contribution in [2.45, 2.75) is 77.7 Å². The van der Waals surface area contributed by atoms with Crippen LogP contribution in [0.25, 0.3) is 0 Å². The Hall–Kier alpha value is -3.13. The predicted octanol–water partition coefficient (Wildman–Crippen LogP) is 5.34. The van der Waals surface area contributed by atoms with E-state index in [0.29, 0.717) is 17.9 Å². The van der Waals surface area contributed by atoms with Crippen molar-refractivity contribution in [2.75, 3.05) is 5.73 Å². The van der Waals surface area contributed by atoms with Gasteiger partial charge in [-0.1, -0.05) is 59.7 Å². The second kappa shape index (κ2) is 9.15. The highest BCUT2D eigenvalue weighted by molar-refractivity contribution is 7.90. The minimum Gasteiger partial charge on any atom is -0.399 e. The highest BCUT2D eigenvalue weighted by Crippen LogP contribution is 2.28. The summed E-state index contributed by atoms with van der Waals surface area (Å²) in [6, 6.07) is 11.8. The van der Waals surface area contributed by atoms with Gasteiger partial charge in [0.1, 0.15) is 5.69 Å². The molecule has 0 aliphatic carbocycles. The van der Waals surface area contributed by atoms with E-state index in [2.05, 4.69) is 51.5 Å². The van der Waals surface area contributed by atoms with Gasteiger partial charge in [0.25, 0.3) is 15.9 Å². The first-order chi connectivity index (χ1) is 16.0. The Morgan fingerprint density at radius 2 is 1.60 bits per heavy atom. The SMILES string of the molecule is Cc1cc(C(C)(C)C)cc(C)c1Cn1nc(C(C)(C)C)cc1C(=O)NS(=O)(=O)c1cccc(N)c1.[HH].[HH]. The third-order valence-corrected chi connectivity index (χ3v) is 7.38. The fourth-order valence-corrected chi connectivity index (χ4v) is 4.84. The molecule has 3 aromatic rings. The molecular formula is C27H40N4O3S. The Morgan fingerprint density at radius 3 is 2.11 bits per heavy atom. The van der Waals surface area contributed by atoms with E-state index in [0.717, 1.165) is 16.7 Å². The summed E-state index contributed by atoms with van der Waals surface area (Å²) >= 11 is 0.